The molecule has 0 unspecified atom stereocenters. The zero-order valence-electron chi connectivity index (χ0n) is 27.9. The van der Waals surface area contributed by atoms with E-state index in [9.17, 15) is 0 Å². The molecule has 2 nitrogen and oxygen atoms in total. The minimum absolute atomic E-state index is 0.499. The first-order chi connectivity index (χ1) is 22.3. The van der Waals surface area contributed by atoms with Gasteiger partial charge in [-0.25, -0.2) is 0 Å². The van der Waals surface area contributed by atoms with Gasteiger partial charge in [0.25, 0.3) is 0 Å². The fraction of sp³-hybridized carbons (Fsp3) is 0.182. The number of nitrogens with zero attached hydrogens (tertiary/aromatic N) is 2. The summed E-state index contributed by atoms with van der Waals surface area (Å²) >= 11 is 0. The van der Waals surface area contributed by atoms with E-state index < -0.39 is 0 Å². The lowest BCUT2D eigenvalue weighted by Crippen LogP contribution is -2.10. The molecule has 0 spiro atoms. The molecule has 230 valence electrons. The van der Waals surface area contributed by atoms with Crippen LogP contribution in [-0.4, -0.2) is 0 Å². The number of hydrogen-bond acceptors (Lipinski definition) is 2. The lowest BCUT2D eigenvalue weighted by Gasteiger charge is -2.27. The molecule has 6 aromatic rings. The molecule has 46 heavy (non-hydrogen) atoms. The standard InChI is InChI=1S/C44H44N2/c1-31(2)43-27-25-41(29-33(43)5)45(37-13-9-7-10-14-37)39-21-17-35(18-22-39)36-19-23-40(24-20-36)46(38-15-11-8-12-16-38)42-26-28-44(32(3)4)34(6)30-42/h7-32H,1-6H3. The van der Waals surface area contributed by atoms with Crippen LogP contribution in [0.2, 0.25) is 0 Å². The Hall–Kier alpha value is -5.08. The van der Waals surface area contributed by atoms with Crippen molar-refractivity contribution >= 4 is 34.1 Å². The number of rotatable bonds is 9. The summed E-state index contributed by atoms with van der Waals surface area (Å²) in [6.45, 7) is 13.5. The summed E-state index contributed by atoms with van der Waals surface area (Å²) in [5.74, 6) is 0.999. The van der Waals surface area contributed by atoms with Crippen molar-refractivity contribution in [1.82, 2.24) is 0 Å². The van der Waals surface area contributed by atoms with Crippen LogP contribution < -0.4 is 9.80 Å². The SMILES string of the molecule is Cc1cc(N(c2ccccc2)c2ccc(-c3ccc(N(c4ccccc4)c4ccc(C(C)C)c(C)c4)cc3)cc2)ccc1C(C)C. The van der Waals surface area contributed by atoms with Crippen molar-refractivity contribution in [1.29, 1.82) is 0 Å². The Morgan fingerprint density at radius 2 is 0.652 bits per heavy atom. The van der Waals surface area contributed by atoms with E-state index >= 15 is 0 Å². The lowest BCUT2D eigenvalue weighted by molar-refractivity contribution is 0.856. The molecule has 0 aromatic heterocycles. The van der Waals surface area contributed by atoms with Gasteiger partial charge in [-0.15, -0.1) is 0 Å². The molecule has 0 amide bonds. The van der Waals surface area contributed by atoms with Crippen molar-refractivity contribution in [3.8, 4) is 11.1 Å². The van der Waals surface area contributed by atoms with Crippen LogP contribution in [0.5, 0.6) is 0 Å². The number of para-hydroxylation sites is 2. The fourth-order valence-corrected chi connectivity index (χ4v) is 6.55. The van der Waals surface area contributed by atoms with E-state index in [0.29, 0.717) is 11.8 Å². The zero-order chi connectivity index (χ0) is 32.2. The van der Waals surface area contributed by atoms with Gasteiger partial charge in [0.1, 0.15) is 0 Å². The molecule has 0 aliphatic rings. The first-order valence-corrected chi connectivity index (χ1v) is 16.4. The maximum atomic E-state index is 2.34. The van der Waals surface area contributed by atoms with Gasteiger partial charge in [-0.05, 0) is 132 Å². The minimum Gasteiger partial charge on any atom is -0.310 e. The maximum Gasteiger partial charge on any atom is 0.0464 e. The molecule has 0 bridgehead atoms. The molecule has 0 saturated heterocycles. The molecule has 0 heterocycles. The van der Waals surface area contributed by atoms with E-state index in [1.165, 1.54) is 44.8 Å². The predicted molar refractivity (Wildman–Crippen MR) is 199 cm³/mol. The zero-order valence-corrected chi connectivity index (χ0v) is 27.9. The average Bonchev–Trinajstić information content (AvgIpc) is 3.06. The van der Waals surface area contributed by atoms with Crippen molar-refractivity contribution in [2.24, 2.45) is 0 Å². The van der Waals surface area contributed by atoms with Crippen LogP contribution in [0.3, 0.4) is 0 Å². The molecule has 0 fully saturated rings. The van der Waals surface area contributed by atoms with Crippen LogP contribution in [0.4, 0.5) is 34.1 Å². The van der Waals surface area contributed by atoms with Gasteiger partial charge in [0, 0.05) is 34.1 Å². The monoisotopic (exact) mass is 600 g/mol. The average molecular weight is 601 g/mol. The first kappa shape index (κ1) is 30.9. The molecule has 0 N–H and O–H groups in total. The van der Waals surface area contributed by atoms with Gasteiger partial charge >= 0.3 is 0 Å². The van der Waals surface area contributed by atoms with Gasteiger partial charge < -0.3 is 9.80 Å². The highest BCUT2D eigenvalue weighted by Crippen LogP contribution is 2.39. The third-order valence-corrected chi connectivity index (χ3v) is 8.88. The number of anilines is 6. The second kappa shape index (κ2) is 13.5. The van der Waals surface area contributed by atoms with Crippen LogP contribution in [0, 0.1) is 13.8 Å². The molecule has 0 aliphatic carbocycles. The van der Waals surface area contributed by atoms with Crippen molar-refractivity contribution in [2.75, 3.05) is 9.80 Å². The molecule has 0 aliphatic heterocycles. The summed E-state index contributed by atoms with van der Waals surface area (Å²) in [5.41, 5.74) is 14.7. The summed E-state index contributed by atoms with van der Waals surface area (Å²) in [6, 6.07) is 52.8. The summed E-state index contributed by atoms with van der Waals surface area (Å²) in [7, 11) is 0. The normalized spacial score (nSPS) is 11.2. The second-order valence-electron chi connectivity index (χ2n) is 12.8. The first-order valence-electron chi connectivity index (χ1n) is 16.4. The summed E-state index contributed by atoms with van der Waals surface area (Å²) in [5, 5.41) is 0. The van der Waals surface area contributed by atoms with Crippen LogP contribution in [0.1, 0.15) is 61.8 Å². The van der Waals surface area contributed by atoms with E-state index in [2.05, 4.69) is 197 Å². The number of hydrogen-bond donors (Lipinski definition) is 0. The maximum absolute atomic E-state index is 2.34. The smallest absolute Gasteiger partial charge is 0.0464 e. The minimum atomic E-state index is 0.499. The van der Waals surface area contributed by atoms with Crippen LogP contribution in [0.25, 0.3) is 11.1 Å². The van der Waals surface area contributed by atoms with E-state index in [4.69, 9.17) is 0 Å². The summed E-state index contributed by atoms with van der Waals surface area (Å²) < 4.78 is 0. The van der Waals surface area contributed by atoms with Crippen molar-refractivity contribution in [3.63, 3.8) is 0 Å². The lowest BCUT2D eigenvalue weighted by atomic mass is 9.97. The van der Waals surface area contributed by atoms with Crippen molar-refractivity contribution in [2.45, 2.75) is 53.4 Å². The van der Waals surface area contributed by atoms with Gasteiger partial charge in [0.2, 0.25) is 0 Å². The van der Waals surface area contributed by atoms with E-state index in [1.807, 2.05) is 0 Å². The Balaban J connectivity index is 1.32. The Bertz CT molecular complexity index is 1740. The highest BCUT2D eigenvalue weighted by Gasteiger charge is 2.16. The van der Waals surface area contributed by atoms with E-state index in [1.54, 1.807) is 0 Å². The van der Waals surface area contributed by atoms with Gasteiger partial charge in [-0.3, -0.25) is 0 Å². The van der Waals surface area contributed by atoms with Gasteiger partial charge in [0.15, 0.2) is 0 Å². The Kier molecular flexibility index (Phi) is 9.08. The Morgan fingerprint density at radius 3 is 0.957 bits per heavy atom. The van der Waals surface area contributed by atoms with Crippen LogP contribution in [0.15, 0.2) is 146 Å². The molecule has 0 radical (unpaired) electrons. The van der Waals surface area contributed by atoms with Gasteiger partial charge in [-0.2, -0.15) is 0 Å². The van der Waals surface area contributed by atoms with Crippen LogP contribution in [-0.2, 0) is 0 Å². The predicted octanol–water partition coefficient (Wildman–Crippen LogP) is 13.2. The van der Waals surface area contributed by atoms with Crippen molar-refractivity contribution < 1.29 is 0 Å². The number of aryl methyl sites for hydroxylation is 2. The molecular weight excluding hydrogens is 556 g/mol. The Morgan fingerprint density at radius 1 is 0.348 bits per heavy atom. The van der Waals surface area contributed by atoms with Crippen molar-refractivity contribution in [3.05, 3.63) is 168 Å². The number of benzene rings is 6. The molecule has 6 rings (SSSR count). The fourth-order valence-electron chi connectivity index (χ4n) is 6.55. The van der Waals surface area contributed by atoms with Gasteiger partial charge in [-0.1, -0.05) is 100 Å². The third-order valence-electron chi connectivity index (χ3n) is 8.88. The van der Waals surface area contributed by atoms with Crippen LogP contribution >= 0.6 is 0 Å². The molecule has 0 atom stereocenters. The summed E-state index contributed by atoms with van der Waals surface area (Å²) in [4.78, 5) is 4.68. The molecule has 2 heteroatoms. The highest BCUT2D eigenvalue weighted by molar-refractivity contribution is 5.81. The largest absolute Gasteiger partial charge is 0.310 e. The Labute approximate surface area is 275 Å². The second-order valence-corrected chi connectivity index (χ2v) is 12.8. The quantitative estimate of drug-likeness (QED) is 0.163. The third kappa shape index (κ3) is 6.48. The van der Waals surface area contributed by atoms with Gasteiger partial charge in [0.05, 0.1) is 0 Å². The summed E-state index contributed by atoms with van der Waals surface area (Å²) in [6.07, 6.45) is 0. The molecule has 0 saturated carbocycles. The topological polar surface area (TPSA) is 6.48 Å². The molecular formula is C44H44N2. The molecule has 6 aromatic carbocycles. The highest BCUT2D eigenvalue weighted by atomic mass is 15.1. The van der Waals surface area contributed by atoms with E-state index in [0.717, 1.165) is 22.7 Å². The van der Waals surface area contributed by atoms with E-state index in [-0.39, 0.29) is 0 Å².